The minimum atomic E-state index is -0.931. The molecule has 1 aromatic rings. The number of nitrogens with one attached hydrogen (secondary N) is 1. The second-order valence-electron chi connectivity index (χ2n) is 5.57. The molecular weight excluding hydrogens is 278 g/mol. The van der Waals surface area contributed by atoms with E-state index in [1.165, 1.54) is 7.11 Å². The Morgan fingerprint density at radius 1 is 1.25 bits per heavy atom. The number of methoxy groups -OCH3 is 2. The van der Waals surface area contributed by atoms with Crippen molar-refractivity contribution in [2.24, 2.45) is 0 Å². The minimum Gasteiger partial charge on any atom is -0.467 e. The zero-order valence-corrected chi connectivity index (χ0v) is 13.4. The van der Waals surface area contributed by atoms with Crippen molar-refractivity contribution in [2.45, 2.75) is 38.3 Å². The van der Waals surface area contributed by atoms with Gasteiger partial charge in [-0.15, -0.1) is 0 Å². The second-order valence-corrected chi connectivity index (χ2v) is 5.98. The highest BCUT2D eigenvalue weighted by Gasteiger charge is 2.40. The van der Waals surface area contributed by atoms with Crippen LogP contribution in [0.5, 0.6) is 0 Å². The number of halogens is 1. The summed E-state index contributed by atoms with van der Waals surface area (Å²) in [4.78, 5) is 12.2. The Balaban J connectivity index is 3.07. The van der Waals surface area contributed by atoms with Gasteiger partial charge in [-0.3, -0.25) is 0 Å². The Kier molecular flexibility index (Phi) is 5.42. The van der Waals surface area contributed by atoms with Gasteiger partial charge in [0.15, 0.2) is 0 Å². The van der Waals surface area contributed by atoms with Gasteiger partial charge in [0, 0.05) is 13.5 Å². The molecular formula is C15H22ClNO3. The molecule has 0 aliphatic carbocycles. The molecule has 1 unspecified atom stereocenters. The molecule has 1 aromatic carbocycles. The lowest BCUT2D eigenvalue weighted by Crippen LogP contribution is -2.49. The van der Waals surface area contributed by atoms with Crippen LogP contribution in [0.1, 0.15) is 27.2 Å². The van der Waals surface area contributed by atoms with E-state index in [4.69, 9.17) is 21.1 Å². The first-order chi connectivity index (χ1) is 9.24. The van der Waals surface area contributed by atoms with Gasteiger partial charge in [0.25, 0.3) is 0 Å². The maximum Gasteiger partial charge on any atom is 0.331 e. The molecule has 0 aliphatic heterocycles. The van der Waals surface area contributed by atoms with Crippen LogP contribution in [0.25, 0.3) is 0 Å². The van der Waals surface area contributed by atoms with Crippen molar-refractivity contribution in [3.8, 4) is 0 Å². The summed E-state index contributed by atoms with van der Waals surface area (Å²) in [5, 5.41) is 3.73. The second kappa shape index (κ2) is 6.46. The number of carbonyl (C=O) groups is 1. The summed E-state index contributed by atoms with van der Waals surface area (Å²) in [6.07, 6.45) is 0.439. The molecule has 5 heteroatoms. The highest BCUT2D eigenvalue weighted by Crippen LogP contribution is 2.31. The topological polar surface area (TPSA) is 47.6 Å². The third-order valence-electron chi connectivity index (χ3n) is 3.25. The van der Waals surface area contributed by atoms with Crippen LogP contribution in [0.4, 0.5) is 5.69 Å². The Morgan fingerprint density at radius 2 is 1.85 bits per heavy atom. The third kappa shape index (κ3) is 4.12. The van der Waals surface area contributed by atoms with Crippen molar-refractivity contribution < 1.29 is 14.3 Å². The molecule has 4 nitrogen and oxygen atoms in total. The van der Waals surface area contributed by atoms with Crippen molar-refractivity contribution in [1.29, 1.82) is 0 Å². The van der Waals surface area contributed by atoms with Gasteiger partial charge in [-0.25, -0.2) is 4.79 Å². The summed E-state index contributed by atoms with van der Waals surface area (Å²) >= 11 is 6.14. The molecule has 0 aromatic heterocycles. The fraction of sp³-hybridized carbons (Fsp3) is 0.533. The van der Waals surface area contributed by atoms with E-state index < -0.39 is 11.1 Å². The summed E-state index contributed by atoms with van der Waals surface area (Å²) in [7, 11) is 2.99. The zero-order chi connectivity index (χ0) is 15.4. The van der Waals surface area contributed by atoms with Crippen molar-refractivity contribution >= 4 is 23.3 Å². The predicted octanol–water partition coefficient (Wildman–Crippen LogP) is 3.50. The Labute approximate surface area is 125 Å². The molecule has 1 rings (SSSR count). The summed E-state index contributed by atoms with van der Waals surface area (Å²) in [5.74, 6) is -0.359. The molecule has 0 aliphatic rings. The number of hydrogen-bond acceptors (Lipinski definition) is 4. The normalized spacial score (nSPS) is 14.5. The fourth-order valence-corrected chi connectivity index (χ4v) is 2.36. The highest BCUT2D eigenvalue weighted by atomic mass is 35.5. The number of ether oxygens (including phenoxy) is 2. The first kappa shape index (κ1) is 16.8. The smallest absolute Gasteiger partial charge is 0.331 e. The predicted molar refractivity (Wildman–Crippen MR) is 81.2 cm³/mol. The Bertz CT molecular complexity index is 476. The van der Waals surface area contributed by atoms with Gasteiger partial charge in [0.2, 0.25) is 0 Å². The molecule has 112 valence electrons. The van der Waals surface area contributed by atoms with E-state index >= 15 is 0 Å². The third-order valence-corrected chi connectivity index (χ3v) is 3.58. The van der Waals surface area contributed by atoms with Crippen molar-refractivity contribution in [3.05, 3.63) is 29.3 Å². The monoisotopic (exact) mass is 299 g/mol. The summed E-state index contributed by atoms with van der Waals surface area (Å²) in [6.45, 7) is 5.62. The van der Waals surface area contributed by atoms with E-state index in [9.17, 15) is 4.79 Å². The lowest BCUT2D eigenvalue weighted by molar-refractivity contribution is -0.148. The van der Waals surface area contributed by atoms with Crippen molar-refractivity contribution in [2.75, 3.05) is 19.5 Å². The largest absolute Gasteiger partial charge is 0.467 e. The van der Waals surface area contributed by atoms with Gasteiger partial charge in [0.05, 0.1) is 23.4 Å². The molecule has 0 radical (unpaired) electrons. The number of benzene rings is 1. The van der Waals surface area contributed by atoms with Crippen LogP contribution < -0.4 is 5.32 Å². The van der Waals surface area contributed by atoms with Crippen LogP contribution >= 0.6 is 11.6 Å². The van der Waals surface area contributed by atoms with Crippen LogP contribution in [0.2, 0.25) is 5.02 Å². The highest BCUT2D eigenvalue weighted by molar-refractivity contribution is 6.33. The number of carbonyl (C=O) groups excluding carboxylic acids is 1. The molecule has 20 heavy (non-hydrogen) atoms. The molecule has 0 amide bonds. The van der Waals surface area contributed by atoms with Crippen LogP contribution in [0.3, 0.4) is 0 Å². The van der Waals surface area contributed by atoms with Crippen molar-refractivity contribution in [1.82, 2.24) is 0 Å². The fourth-order valence-electron chi connectivity index (χ4n) is 2.18. The Hall–Kier alpha value is -1.26. The number of hydrogen-bond donors (Lipinski definition) is 1. The van der Waals surface area contributed by atoms with E-state index in [0.29, 0.717) is 17.1 Å². The first-order valence-corrected chi connectivity index (χ1v) is 6.78. The van der Waals surface area contributed by atoms with Crippen molar-refractivity contribution in [3.63, 3.8) is 0 Å². The van der Waals surface area contributed by atoms with E-state index in [1.807, 2.05) is 32.0 Å². The molecule has 1 N–H and O–H groups in total. The summed E-state index contributed by atoms with van der Waals surface area (Å²) in [6, 6.07) is 7.28. The van der Waals surface area contributed by atoms with E-state index in [2.05, 4.69) is 5.32 Å². The average Bonchev–Trinajstić information content (AvgIpc) is 2.40. The van der Waals surface area contributed by atoms with E-state index in [-0.39, 0.29) is 5.97 Å². The van der Waals surface area contributed by atoms with Gasteiger partial charge in [0.1, 0.15) is 5.54 Å². The van der Waals surface area contributed by atoms with Crippen LogP contribution in [0.15, 0.2) is 24.3 Å². The number of rotatable bonds is 6. The molecule has 0 bridgehead atoms. The van der Waals surface area contributed by atoms with Crippen LogP contribution in [0, 0.1) is 0 Å². The minimum absolute atomic E-state index is 0.359. The molecule has 0 fully saturated rings. The lowest BCUT2D eigenvalue weighted by Gasteiger charge is -2.36. The van der Waals surface area contributed by atoms with Gasteiger partial charge < -0.3 is 14.8 Å². The molecule has 1 atom stereocenters. The van der Waals surface area contributed by atoms with E-state index in [0.717, 1.165) is 0 Å². The molecule has 0 saturated heterocycles. The first-order valence-electron chi connectivity index (χ1n) is 6.40. The molecule has 0 spiro atoms. The van der Waals surface area contributed by atoms with Crippen LogP contribution in [-0.2, 0) is 14.3 Å². The van der Waals surface area contributed by atoms with Gasteiger partial charge in [-0.1, -0.05) is 23.7 Å². The lowest BCUT2D eigenvalue weighted by atomic mass is 9.87. The van der Waals surface area contributed by atoms with Crippen LogP contribution in [-0.4, -0.2) is 31.3 Å². The Morgan fingerprint density at radius 3 is 2.35 bits per heavy atom. The number of esters is 1. The SMILES string of the molecule is COC(=O)C(C)(CC(C)(C)OC)Nc1ccccc1Cl. The number of anilines is 1. The molecule has 0 heterocycles. The maximum absolute atomic E-state index is 12.2. The standard InChI is InChI=1S/C15H22ClNO3/c1-14(2,20-5)10-15(3,13(18)19-4)17-12-9-7-6-8-11(12)16/h6-9,17H,10H2,1-5H3. The number of para-hydroxylation sites is 1. The van der Waals surface area contributed by atoms with Gasteiger partial charge >= 0.3 is 5.97 Å². The summed E-state index contributed by atoms with van der Waals surface area (Å²) in [5.41, 5.74) is -0.717. The van der Waals surface area contributed by atoms with Gasteiger partial charge in [-0.05, 0) is 32.9 Å². The van der Waals surface area contributed by atoms with Gasteiger partial charge in [-0.2, -0.15) is 0 Å². The quantitative estimate of drug-likeness (QED) is 0.817. The van der Waals surface area contributed by atoms with E-state index in [1.54, 1.807) is 20.1 Å². The molecule has 0 saturated carbocycles. The maximum atomic E-state index is 12.2. The zero-order valence-electron chi connectivity index (χ0n) is 12.6. The summed E-state index contributed by atoms with van der Waals surface area (Å²) < 4.78 is 10.3. The average molecular weight is 300 g/mol.